The number of benzene rings is 4. The van der Waals surface area contributed by atoms with Gasteiger partial charge in [0.05, 0.1) is 10.8 Å². The molecular formula is C34H32N2O2. The van der Waals surface area contributed by atoms with E-state index in [9.17, 15) is 9.59 Å². The van der Waals surface area contributed by atoms with E-state index in [2.05, 4.69) is 50.2 Å². The first kappa shape index (κ1) is 24.2. The van der Waals surface area contributed by atoms with Gasteiger partial charge in [-0.05, 0) is 61.1 Å². The Kier molecular flexibility index (Phi) is 5.53. The maximum Gasteiger partial charge on any atom is 0.239 e. The van der Waals surface area contributed by atoms with E-state index >= 15 is 0 Å². The SMILES string of the molecule is Cc1ccc2c(c1)C(Cc1ccccc1)(C1(Cc3ccccc3)C(=O)N(C)c3ccc(C)cc31)C(=O)N2C. The third kappa shape index (κ3) is 3.22. The van der Waals surface area contributed by atoms with E-state index in [-0.39, 0.29) is 11.8 Å². The van der Waals surface area contributed by atoms with E-state index in [0.29, 0.717) is 12.8 Å². The van der Waals surface area contributed by atoms with Crippen LogP contribution in [0.15, 0.2) is 97.1 Å². The molecule has 0 aliphatic carbocycles. The van der Waals surface area contributed by atoms with Crippen molar-refractivity contribution in [2.75, 3.05) is 23.9 Å². The number of nitrogens with zero attached hydrogens (tertiary/aromatic N) is 2. The van der Waals surface area contributed by atoms with Gasteiger partial charge in [0.15, 0.2) is 0 Å². The Morgan fingerprint density at radius 3 is 1.29 bits per heavy atom. The van der Waals surface area contributed by atoms with Gasteiger partial charge >= 0.3 is 0 Å². The van der Waals surface area contributed by atoms with Crippen LogP contribution in [0.2, 0.25) is 0 Å². The van der Waals surface area contributed by atoms with E-state index in [1.165, 1.54) is 0 Å². The van der Waals surface area contributed by atoms with Gasteiger partial charge in [-0.15, -0.1) is 0 Å². The Morgan fingerprint density at radius 1 is 0.553 bits per heavy atom. The number of carbonyl (C=O) groups is 2. The van der Waals surface area contributed by atoms with Crippen molar-refractivity contribution in [1.82, 2.24) is 0 Å². The number of aryl methyl sites for hydroxylation is 2. The molecule has 0 saturated heterocycles. The maximum absolute atomic E-state index is 14.9. The van der Waals surface area contributed by atoms with E-state index in [1.807, 2.05) is 74.8 Å². The number of hydrogen-bond acceptors (Lipinski definition) is 2. The first-order valence-corrected chi connectivity index (χ1v) is 13.2. The molecule has 4 nitrogen and oxygen atoms in total. The predicted octanol–water partition coefficient (Wildman–Crippen LogP) is 5.92. The van der Waals surface area contributed by atoms with Gasteiger partial charge in [0.1, 0.15) is 0 Å². The molecule has 2 amide bonds. The van der Waals surface area contributed by atoms with Gasteiger partial charge in [-0.1, -0.05) is 96.1 Å². The van der Waals surface area contributed by atoms with E-state index in [0.717, 1.165) is 44.8 Å². The minimum absolute atomic E-state index is 0.0333. The molecule has 0 fully saturated rings. The van der Waals surface area contributed by atoms with Gasteiger partial charge < -0.3 is 9.80 Å². The molecule has 0 aromatic heterocycles. The third-order valence-electron chi connectivity index (χ3n) is 8.64. The fraction of sp³-hybridized carbons (Fsp3) is 0.235. The van der Waals surface area contributed by atoms with Gasteiger partial charge in [0.25, 0.3) is 0 Å². The second-order valence-corrected chi connectivity index (χ2v) is 10.9. The zero-order chi connectivity index (χ0) is 26.7. The summed E-state index contributed by atoms with van der Waals surface area (Å²) in [6, 6.07) is 32.7. The van der Waals surface area contributed by atoms with Crippen LogP contribution in [-0.2, 0) is 33.3 Å². The van der Waals surface area contributed by atoms with E-state index in [1.54, 1.807) is 9.80 Å². The van der Waals surface area contributed by atoms with Crippen LogP contribution in [0.3, 0.4) is 0 Å². The predicted molar refractivity (Wildman–Crippen MR) is 153 cm³/mol. The van der Waals surface area contributed by atoms with Crippen LogP contribution >= 0.6 is 0 Å². The molecule has 0 spiro atoms. The summed E-state index contributed by atoms with van der Waals surface area (Å²) < 4.78 is 0. The van der Waals surface area contributed by atoms with Crippen molar-refractivity contribution in [2.24, 2.45) is 0 Å². The molecule has 38 heavy (non-hydrogen) atoms. The second kappa shape index (κ2) is 8.70. The molecule has 0 bridgehead atoms. The number of likely N-dealkylation sites (N-methyl/N-ethyl adjacent to an activating group) is 2. The quantitative estimate of drug-likeness (QED) is 0.341. The smallest absolute Gasteiger partial charge is 0.239 e. The summed E-state index contributed by atoms with van der Waals surface area (Å²) >= 11 is 0. The van der Waals surface area contributed by atoms with Crippen LogP contribution in [0.5, 0.6) is 0 Å². The summed E-state index contributed by atoms with van der Waals surface area (Å²) in [5.74, 6) is -0.0667. The molecule has 0 N–H and O–H groups in total. The lowest BCUT2D eigenvalue weighted by atomic mass is 9.53. The number of fused-ring (bicyclic) bond motifs is 2. The largest absolute Gasteiger partial charge is 0.314 e. The average molecular weight is 501 g/mol. The van der Waals surface area contributed by atoms with E-state index in [4.69, 9.17) is 0 Å². The zero-order valence-electron chi connectivity index (χ0n) is 22.4. The highest BCUT2D eigenvalue weighted by Crippen LogP contribution is 2.60. The van der Waals surface area contributed by atoms with Gasteiger partial charge in [-0.25, -0.2) is 0 Å². The second-order valence-electron chi connectivity index (χ2n) is 10.9. The lowest BCUT2D eigenvalue weighted by Crippen LogP contribution is -2.61. The van der Waals surface area contributed by atoms with Crippen LogP contribution in [0, 0.1) is 13.8 Å². The monoisotopic (exact) mass is 500 g/mol. The van der Waals surface area contributed by atoms with Crippen LogP contribution < -0.4 is 9.80 Å². The Hall–Kier alpha value is -4.18. The molecule has 0 radical (unpaired) electrons. The summed E-state index contributed by atoms with van der Waals surface area (Å²) in [5.41, 5.74) is 5.56. The molecule has 2 aliphatic rings. The minimum atomic E-state index is -1.13. The number of rotatable bonds is 5. The number of amides is 2. The minimum Gasteiger partial charge on any atom is -0.314 e. The molecule has 0 saturated carbocycles. The molecule has 4 aromatic carbocycles. The highest BCUT2D eigenvalue weighted by molar-refractivity contribution is 6.18. The average Bonchev–Trinajstić information content (AvgIpc) is 3.26. The summed E-state index contributed by atoms with van der Waals surface area (Å²) in [7, 11) is 3.69. The molecule has 2 heterocycles. The summed E-state index contributed by atoms with van der Waals surface area (Å²) in [6.07, 6.45) is 0.848. The van der Waals surface area contributed by atoms with E-state index < -0.39 is 10.8 Å². The highest BCUT2D eigenvalue weighted by Gasteiger charge is 2.69. The molecule has 190 valence electrons. The van der Waals surface area contributed by atoms with Gasteiger partial charge in [-0.3, -0.25) is 9.59 Å². The molecule has 4 aromatic rings. The normalized spacial score (nSPS) is 22.1. The summed E-state index contributed by atoms with van der Waals surface area (Å²) in [5, 5.41) is 0. The molecule has 2 atom stereocenters. The fourth-order valence-electron chi connectivity index (χ4n) is 6.86. The first-order valence-electron chi connectivity index (χ1n) is 13.2. The molecule has 2 aliphatic heterocycles. The first-order chi connectivity index (χ1) is 18.3. The van der Waals surface area contributed by atoms with Crippen LogP contribution in [0.4, 0.5) is 11.4 Å². The summed E-state index contributed by atoms with van der Waals surface area (Å²) in [4.78, 5) is 33.3. The van der Waals surface area contributed by atoms with Gasteiger partial charge in [0.2, 0.25) is 11.8 Å². The molecular weight excluding hydrogens is 468 g/mol. The van der Waals surface area contributed by atoms with Crippen LogP contribution in [0.1, 0.15) is 33.4 Å². The maximum atomic E-state index is 14.9. The van der Waals surface area contributed by atoms with Crippen molar-refractivity contribution < 1.29 is 9.59 Å². The Morgan fingerprint density at radius 2 is 0.921 bits per heavy atom. The van der Waals surface area contributed by atoms with Crippen molar-refractivity contribution in [3.63, 3.8) is 0 Å². The Balaban J connectivity index is 1.76. The standard InChI is InChI=1S/C34H32N2O2/c1-23-15-17-29-27(19-23)33(31(37)35(29)3,21-25-11-7-5-8-12-25)34(22-26-13-9-6-10-14-26)28-20-24(2)16-18-30(28)36(4)32(34)38/h5-20H,21-22H2,1-4H3. The topological polar surface area (TPSA) is 40.6 Å². The van der Waals surface area contributed by atoms with Crippen molar-refractivity contribution in [3.8, 4) is 0 Å². The number of anilines is 2. The molecule has 6 rings (SSSR count). The highest BCUT2D eigenvalue weighted by atomic mass is 16.2. The number of carbonyl (C=O) groups excluding carboxylic acids is 2. The van der Waals surface area contributed by atoms with Crippen molar-refractivity contribution in [3.05, 3.63) is 130 Å². The lowest BCUT2D eigenvalue weighted by molar-refractivity contribution is -0.134. The van der Waals surface area contributed by atoms with Crippen LogP contribution in [-0.4, -0.2) is 25.9 Å². The number of hydrogen-bond donors (Lipinski definition) is 0. The van der Waals surface area contributed by atoms with Crippen molar-refractivity contribution in [1.29, 1.82) is 0 Å². The molecule has 4 heteroatoms. The van der Waals surface area contributed by atoms with Crippen LogP contribution in [0.25, 0.3) is 0 Å². The Labute approximate surface area is 224 Å². The summed E-state index contributed by atoms with van der Waals surface area (Å²) in [6.45, 7) is 4.11. The Bertz CT molecular complexity index is 1440. The lowest BCUT2D eigenvalue weighted by Gasteiger charge is -2.45. The molecule has 2 unspecified atom stereocenters. The third-order valence-corrected chi connectivity index (χ3v) is 8.64. The van der Waals surface area contributed by atoms with Gasteiger partial charge in [-0.2, -0.15) is 0 Å². The van der Waals surface area contributed by atoms with Crippen molar-refractivity contribution >= 4 is 23.2 Å². The van der Waals surface area contributed by atoms with Gasteiger partial charge in [0, 0.05) is 25.5 Å². The zero-order valence-corrected chi connectivity index (χ0v) is 22.4. The fourth-order valence-corrected chi connectivity index (χ4v) is 6.86. The van der Waals surface area contributed by atoms with Crippen molar-refractivity contribution in [2.45, 2.75) is 37.5 Å².